The van der Waals surface area contributed by atoms with Crippen LogP contribution in [0.2, 0.25) is 0 Å². The van der Waals surface area contributed by atoms with Gasteiger partial charge < -0.3 is 9.84 Å². The molecule has 0 radical (unpaired) electrons. The number of benzene rings is 1. The summed E-state index contributed by atoms with van der Waals surface area (Å²) in [5, 5.41) is 9.74. The third kappa shape index (κ3) is 3.44. The zero-order chi connectivity index (χ0) is 18.5. The maximum absolute atomic E-state index is 11.2. The van der Waals surface area contributed by atoms with Crippen molar-refractivity contribution in [2.75, 3.05) is 0 Å². The van der Waals surface area contributed by atoms with Crippen LogP contribution in [0.3, 0.4) is 0 Å². The summed E-state index contributed by atoms with van der Waals surface area (Å²) in [6.07, 6.45) is 2.89. The Bertz CT molecular complexity index is 970. The molecular formula is C20H16N2O4. The Kier molecular flexibility index (Phi) is 5.03. The number of aryl methyl sites for hydroxylation is 1. The van der Waals surface area contributed by atoms with Crippen molar-refractivity contribution >= 4 is 12.6 Å². The van der Waals surface area contributed by atoms with Crippen LogP contribution in [-0.2, 0) is 6.61 Å². The Morgan fingerprint density at radius 2 is 1.92 bits per heavy atom. The first-order valence-corrected chi connectivity index (χ1v) is 7.91. The van der Waals surface area contributed by atoms with E-state index in [2.05, 4.69) is 9.97 Å². The number of carbonyl (C=O) groups is 2. The third-order valence-corrected chi connectivity index (χ3v) is 3.93. The first-order valence-electron chi connectivity index (χ1n) is 7.91. The first kappa shape index (κ1) is 17.3. The van der Waals surface area contributed by atoms with Crippen LogP contribution in [0, 0.1) is 6.92 Å². The number of aromatic hydroxyl groups is 1. The molecule has 0 fully saturated rings. The maximum Gasteiger partial charge on any atom is 0.168 e. The second-order valence-corrected chi connectivity index (χ2v) is 5.62. The lowest BCUT2D eigenvalue weighted by Gasteiger charge is -2.12. The van der Waals surface area contributed by atoms with E-state index in [1.165, 1.54) is 6.07 Å². The molecule has 0 saturated carbocycles. The molecule has 26 heavy (non-hydrogen) atoms. The van der Waals surface area contributed by atoms with E-state index in [-0.39, 0.29) is 23.7 Å². The lowest BCUT2D eigenvalue weighted by Crippen LogP contribution is -2.03. The highest BCUT2D eigenvalue weighted by Crippen LogP contribution is 2.27. The van der Waals surface area contributed by atoms with Gasteiger partial charge in [0.05, 0.1) is 17.0 Å². The van der Waals surface area contributed by atoms with Crippen LogP contribution < -0.4 is 4.74 Å². The number of phenolic OH excluding ortho intramolecular Hbond substituents is 1. The normalized spacial score (nSPS) is 10.3. The first-order chi connectivity index (χ1) is 12.6. The van der Waals surface area contributed by atoms with Gasteiger partial charge >= 0.3 is 0 Å². The number of aromatic nitrogens is 2. The van der Waals surface area contributed by atoms with Crippen molar-refractivity contribution in [3.63, 3.8) is 0 Å². The van der Waals surface area contributed by atoms with Crippen LogP contribution in [-0.4, -0.2) is 27.6 Å². The van der Waals surface area contributed by atoms with E-state index in [1.54, 1.807) is 30.5 Å². The molecule has 1 aromatic carbocycles. The lowest BCUT2D eigenvalue weighted by molar-refractivity contribution is 0.111. The Balaban J connectivity index is 1.93. The number of hydrogen-bond donors (Lipinski definition) is 1. The van der Waals surface area contributed by atoms with Crippen molar-refractivity contribution < 1.29 is 19.4 Å². The smallest absolute Gasteiger partial charge is 0.168 e. The van der Waals surface area contributed by atoms with Crippen molar-refractivity contribution in [3.05, 3.63) is 71.0 Å². The molecule has 3 aromatic rings. The number of nitrogens with zero attached hydrogens (tertiary/aromatic N) is 2. The summed E-state index contributed by atoms with van der Waals surface area (Å²) in [7, 11) is 0. The predicted octanol–water partition coefficient (Wildman–Crippen LogP) is 3.36. The topological polar surface area (TPSA) is 89.4 Å². The number of hydrogen-bond acceptors (Lipinski definition) is 6. The fourth-order valence-electron chi connectivity index (χ4n) is 2.51. The Morgan fingerprint density at radius 1 is 1.08 bits per heavy atom. The summed E-state index contributed by atoms with van der Waals surface area (Å²) < 4.78 is 5.71. The van der Waals surface area contributed by atoms with Gasteiger partial charge in [-0.05, 0) is 36.8 Å². The van der Waals surface area contributed by atoms with Gasteiger partial charge in [0.15, 0.2) is 12.6 Å². The summed E-state index contributed by atoms with van der Waals surface area (Å²) in [6, 6.07) is 11.8. The van der Waals surface area contributed by atoms with Crippen LogP contribution in [0.4, 0.5) is 0 Å². The minimum Gasteiger partial charge on any atom is -0.507 e. The minimum absolute atomic E-state index is 0.0923. The van der Waals surface area contributed by atoms with E-state index in [4.69, 9.17) is 4.74 Å². The average Bonchev–Trinajstić information content (AvgIpc) is 2.67. The summed E-state index contributed by atoms with van der Waals surface area (Å²) in [6.45, 7) is 1.94. The van der Waals surface area contributed by atoms with Crippen LogP contribution in [0.5, 0.6) is 11.5 Å². The van der Waals surface area contributed by atoms with Gasteiger partial charge in [0.1, 0.15) is 23.8 Å². The molecule has 6 nitrogen and oxygen atoms in total. The summed E-state index contributed by atoms with van der Waals surface area (Å²) in [4.78, 5) is 31.0. The van der Waals surface area contributed by atoms with E-state index >= 15 is 0 Å². The fourth-order valence-corrected chi connectivity index (χ4v) is 2.51. The number of aldehydes is 2. The molecular weight excluding hydrogens is 332 g/mol. The molecule has 0 aliphatic heterocycles. The van der Waals surface area contributed by atoms with E-state index in [1.807, 2.05) is 19.1 Å². The molecule has 0 unspecified atom stereocenters. The third-order valence-electron chi connectivity index (χ3n) is 3.93. The quantitative estimate of drug-likeness (QED) is 0.687. The average molecular weight is 348 g/mol. The van der Waals surface area contributed by atoms with E-state index in [0.717, 1.165) is 11.1 Å². The predicted molar refractivity (Wildman–Crippen MR) is 95.4 cm³/mol. The molecule has 6 heteroatoms. The zero-order valence-corrected chi connectivity index (χ0v) is 14.0. The minimum atomic E-state index is -0.139. The molecule has 0 aliphatic rings. The summed E-state index contributed by atoms with van der Waals surface area (Å²) in [5.74, 6) is 0.139. The molecule has 130 valence electrons. The van der Waals surface area contributed by atoms with Crippen molar-refractivity contribution in [2.45, 2.75) is 13.5 Å². The highest BCUT2D eigenvalue weighted by Gasteiger charge is 2.13. The maximum atomic E-state index is 11.2. The monoisotopic (exact) mass is 348 g/mol. The van der Waals surface area contributed by atoms with E-state index in [9.17, 15) is 14.7 Å². The van der Waals surface area contributed by atoms with Gasteiger partial charge in [-0.2, -0.15) is 0 Å². The van der Waals surface area contributed by atoms with Crippen molar-refractivity contribution in [1.82, 2.24) is 9.97 Å². The van der Waals surface area contributed by atoms with Gasteiger partial charge in [0, 0.05) is 11.8 Å². The van der Waals surface area contributed by atoms with Crippen LogP contribution in [0.25, 0.3) is 11.4 Å². The second-order valence-electron chi connectivity index (χ2n) is 5.62. The highest BCUT2D eigenvalue weighted by molar-refractivity contribution is 5.83. The van der Waals surface area contributed by atoms with Crippen molar-refractivity contribution in [1.29, 1.82) is 0 Å². The van der Waals surface area contributed by atoms with Gasteiger partial charge in [0.2, 0.25) is 0 Å². The van der Waals surface area contributed by atoms with Gasteiger partial charge in [-0.1, -0.05) is 18.2 Å². The summed E-state index contributed by atoms with van der Waals surface area (Å²) in [5.41, 5.74) is 3.12. The number of pyridine rings is 2. The van der Waals surface area contributed by atoms with Crippen molar-refractivity contribution in [3.8, 4) is 22.9 Å². The van der Waals surface area contributed by atoms with Crippen LogP contribution >= 0.6 is 0 Å². The Morgan fingerprint density at radius 3 is 2.69 bits per heavy atom. The molecule has 2 aromatic heterocycles. The van der Waals surface area contributed by atoms with E-state index in [0.29, 0.717) is 29.7 Å². The Hall–Kier alpha value is -3.54. The standard InChI is InChI=1S/C20H16N2O4/c1-13-7-8-16(22-17(13)11-24)20-14(4-3-9-21-20)12-26-19-6-2-5-18(25)15(19)10-23/h2-11,25H,12H2,1H3. The van der Waals surface area contributed by atoms with Gasteiger partial charge in [-0.15, -0.1) is 0 Å². The molecule has 0 spiro atoms. The van der Waals surface area contributed by atoms with Crippen LogP contribution in [0.15, 0.2) is 48.7 Å². The molecule has 1 N–H and O–H groups in total. The molecule has 3 rings (SSSR count). The van der Waals surface area contributed by atoms with Gasteiger partial charge in [0.25, 0.3) is 0 Å². The van der Waals surface area contributed by atoms with E-state index < -0.39 is 0 Å². The lowest BCUT2D eigenvalue weighted by atomic mass is 10.1. The zero-order valence-electron chi connectivity index (χ0n) is 14.0. The molecule has 0 atom stereocenters. The van der Waals surface area contributed by atoms with Crippen molar-refractivity contribution in [2.24, 2.45) is 0 Å². The van der Waals surface area contributed by atoms with Gasteiger partial charge in [-0.25, -0.2) is 4.98 Å². The number of phenols is 1. The van der Waals surface area contributed by atoms with Gasteiger partial charge in [-0.3, -0.25) is 14.6 Å². The summed E-state index contributed by atoms with van der Waals surface area (Å²) >= 11 is 0. The number of rotatable bonds is 6. The Labute approximate surface area is 150 Å². The van der Waals surface area contributed by atoms with Crippen LogP contribution in [0.1, 0.15) is 32.0 Å². The molecule has 2 heterocycles. The molecule has 0 amide bonds. The molecule has 0 bridgehead atoms. The largest absolute Gasteiger partial charge is 0.507 e. The molecule has 0 aliphatic carbocycles. The molecule has 0 saturated heterocycles. The second kappa shape index (κ2) is 7.57. The highest BCUT2D eigenvalue weighted by atomic mass is 16.5. The fraction of sp³-hybridized carbons (Fsp3) is 0.100. The number of ether oxygens (including phenoxy) is 1. The SMILES string of the molecule is Cc1ccc(-c2ncccc2COc2cccc(O)c2C=O)nc1C=O. The number of carbonyl (C=O) groups excluding carboxylic acids is 2.